The van der Waals surface area contributed by atoms with Gasteiger partial charge in [-0.15, -0.1) is 0 Å². The van der Waals surface area contributed by atoms with Gasteiger partial charge < -0.3 is 4.74 Å². The molecule has 0 spiro atoms. The lowest BCUT2D eigenvalue weighted by Crippen LogP contribution is -2.30. The van der Waals surface area contributed by atoms with Crippen molar-refractivity contribution >= 4 is 17.8 Å². The van der Waals surface area contributed by atoms with E-state index in [4.69, 9.17) is 0 Å². The predicted octanol–water partition coefficient (Wildman–Crippen LogP) is 0.849. The van der Waals surface area contributed by atoms with Crippen molar-refractivity contribution in [2.75, 3.05) is 13.2 Å². The van der Waals surface area contributed by atoms with Crippen molar-refractivity contribution in [2.45, 2.75) is 6.92 Å². The summed E-state index contributed by atoms with van der Waals surface area (Å²) < 4.78 is 4.62. The van der Waals surface area contributed by atoms with Crippen molar-refractivity contribution in [3.8, 4) is 11.8 Å². The molecule has 1 aromatic rings. The van der Waals surface area contributed by atoms with E-state index < -0.39 is 17.8 Å². The highest BCUT2D eigenvalue weighted by molar-refractivity contribution is 6.21. The molecule has 5 nitrogen and oxygen atoms in total. The second-order valence-corrected chi connectivity index (χ2v) is 3.76. The molecular weight excluding hydrogens is 246 g/mol. The van der Waals surface area contributed by atoms with Gasteiger partial charge in [-0.3, -0.25) is 14.5 Å². The molecule has 0 saturated heterocycles. The van der Waals surface area contributed by atoms with Crippen molar-refractivity contribution in [1.29, 1.82) is 0 Å². The Hall–Kier alpha value is -2.61. The number of imide groups is 1. The number of rotatable bonds is 2. The van der Waals surface area contributed by atoms with E-state index in [1.165, 1.54) is 0 Å². The first kappa shape index (κ1) is 12.8. The van der Waals surface area contributed by atoms with Crippen LogP contribution in [0.2, 0.25) is 0 Å². The van der Waals surface area contributed by atoms with Crippen molar-refractivity contribution < 1.29 is 19.1 Å². The molecular formula is C14H11NO4. The van der Waals surface area contributed by atoms with Crippen LogP contribution in [0, 0.1) is 11.8 Å². The molecule has 1 aliphatic rings. The maximum absolute atomic E-state index is 11.9. The summed E-state index contributed by atoms with van der Waals surface area (Å²) >= 11 is 0. The fourth-order valence-electron chi connectivity index (χ4n) is 1.74. The first-order valence-corrected chi connectivity index (χ1v) is 5.76. The summed E-state index contributed by atoms with van der Waals surface area (Å²) in [7, 11) is 0. The molecule has 0 radical (unpaired) electrons. The van der Waals surface area contributed by atoms with Gasteiger partial charge in [0.2, 0.25) is 0 Å². The molecule has 0 aliphatic carbocycles. The maximum atomic E-state index is 11.9. The minimum atomic E-state index is -0.667. The highest BCUT2D eigenvalue weighted by Gasteiger charge is 2.34. The molecule has 0 unspecified atom stereocenters. The van der Waals surface area contributed by atoms with E-state index in [-0.39, 0.29) is 13.2 Å². The lowest BCUT2D eigenvalue weighted by atomic mass is 10.1. The molecule has 1 aromatic carbocycles. The number of fused-ring (bicyclic) bond motifs is 1. The van der Waals surface area contributed by atoms with Gasteiger partial charge in [0.1, 0.15) is 0 Å². The summed E-state index contributed by atoms with van der Waals surface area (Å²) in [6, 6.07) is 6.57. The summed E-state index contributed by atoms with van der Waals surface area (Å²) in [5.41, 5.74) is 0.732. The molecule has 96 valence electrons. The van der Waals surface area contributed by atoms with Gasteiger partial charge in [-0.2, -0.15) is 0 Å². The molecule has 0 atom stereocenters. The predicted molar refractivity (Wildman–Crippen MR) is 66.2 cm³/mol. The van der Waals surface area contributed by atoms with E-state index >= 15 is 0 Å². The van der Waals surface area contributed by atoms with E-state index in [9.17, 15) is 14.4 Å². The normalized spacial score (nSPS) is 12.8. The Bertz CT molecular complexity index is 574. The topological polar surface area (TPSA) is 63.7 Å². The van der Waals surface area contributed by atoms with Gasteiger partial charge in [0.15, 0.2) is 0 Å². The Balaban J connectivity index is 2.11. The molecule has 2 amide bonds. The Kier molecular flexibility index (Phi) is 3.62. The lowest BCUT2D eigenvalue weighted by Gasteiger charge is -2.08. The van der Waals surface area contributed by atoms with Crippen molar-refractivity contribution in [2.24, 2.45) is 0 Å². The summed E-state index contributed by atoms with van der Waals surface area (Å²) in [6.07, 6.45) is 0. The highest BCUT2D eigenvalue weighted by atomic mass is 16.5. The van der Waals surface area contributed by atoms with E-state index in [0.717, 1.165) is 4.90 Å². The molecule has 0 aromatic heterocycles. The zero-order chi connectivity index (χ0) is 13.8. The van der Waals surface area contributed by atoms with E-state index in [1.54, 1.807) is 31.2 Å². The van der Waals surface area contributed by atoms with Crippen LogP contribution < -0.4 is 0 Å². The molecule has 19 heavy (non-hydrogen) atoms. The lowest BCUT2D eigenvalue weighted by molar-refractivity contribution is -0.136. The van der Waals surface area contributed by atoms with Gasteiger partial charge in [0.25, 0.3) is 11.8 Å². The van der Waals surface area contributed by atoms with Crippen LogP contribution in [0.15, 0.2) is 24.3 Å². The number of benzene rings is 1. The van der Waals surface area contributed by atoms with Gasteiger partial charge in [-0.1, -0.05) is 18.1 Å². The zero-order valence-electron chi connectivity index (χ0n) is 10.3. The van der Waals surface area contributed by atoms with Gasteiger partial charge in [-0.05, 0) is 19.1 Å². The fourth-order valence-corrected chi connectivity index (χ4v) is 1.74. The number of carbonyl (C=O) groups excluding carboxylic acids is 3. The first-order valence-electron chi connectivity index (χ1n) is 5.76. The van der Waals surface area contributed by atoms with Crippen molar-refractivity contribution in [1.82, 2.24) is 4.90 Å². The second-order valence-electron chi connectivity index (χ2n) is 3.76. The van der Waals surface area contributed by atoms with E-state index in [0.29, 0.717) is 11.1 Å². The third-order valence-electron chi connectivity index (χ3n) is 2.58. The number of hydrogen-bond acceptors (Lipinski definition) is 4. The average Bonchev–Trinajstić information content (AvgIpc) is 2.65. The number of esters is 1. The van der Waals surface area contributed by atoms with Gasteiger partial charge in [0.05, 0.1) is 24.3 Å². The van der Waals surface area contributed by atoms with E-state index in [2.05, 4.69) is 16.6 Å². The van der Waals surface area contributed by atoms with Crippen LogP contribution >= 0.6 is 0 Å². The van der Waals surface area contributed by atoms with E-state index in [1.807, 2.05) is 0 Å². The monoisotopic (exact) mass is 257 g/mol. The van der Waals surface area contributed by atoms with Crippen molar-refractivity contribution in [3.63, 3.8) is 0 Å². The molecule has 0 N–H and O–H groups in total. The van der Waals surface area contributed by atoms with Gasteiger partial charge >= 0.3 is 5.97 Å². The molecule has 1 aliphatic heterocycles. The third-order valence-corrected chi connectivity index (χ3v) is 2.58. The Morgan fingerprint density at radius 1 is 1.21 bits per heavy atom. The minimum Gasteiger partial charge on any atom is -0.456 e. The van der Waals surface area contributed by atoms with Crippen LogP contribution in [0.25, 0.3) is 0 Å². The van der Waals surface area contributed by atoms with Crippen LogP contribution in [0.4, 0.5) is 0 Å². The first-order chi connectivity index (χ1) is 9.15. The summed E-state index contributed by atoms with van der Waals surface area (Å²) in [5.74, 6) is 3.24. The molecule has 2 rings (SSSR count). The Labute approximate surface area is 110 Å². The molecule has 0 bridgehead atoms. The van der Waals surface area contributed by atoms with Crippen LogP contribution in [0.1, 0.15) is 27.6 Å². The maximum Gasteiger partial charge on any atom is 0.384 e. The number of nitrogens with zero attached hydrogens (tertiary/aromatic N) is 1. The highest BCUT2D eigenvalue weighted by Crippen LogP contribution is 2.21. The number of ether oxygens (including phenoxy) is 1. The van der Waals surface area contributed by atoms with Gasteiger partial charge in [0, 0.05) is 5.92 Å². The smallest absolute Gasteiger partial charge is 0.384 e. The minimum absolute atomic E-state index is 0.120. The Morgan fingerprint density at radius 3 is 2.32 bits per heavy atom. The molecule has 5 heteroatoms. The standard InChI is InChI=1S/C14H11NO4/c1-2-19-12(16)8-5-9-15-13(17)10-6-3-4-7-11(10)14(15)18/h3-4,6-7H,2,9H2,1H3. The summed E-state index contributed by atoms with van der Waals surface area (Å²) in [5, 5.41) is 0. The largest absolute Gasteiger partial charge is 0.456 e. The van der Waals surface area contributed by atoms with Crippen LogP contribution in [0.3, 0.4) is 0 Å². The fraction of sp³-hybridized carbons (Fsp3) is 0.214. The number of carbonyl (C=O) groups is 3. The van der Waals surface area contributed by atoms with Crippen LogP contribution in [-0.2, 0) is 9.53 Å². The Morgan fingerprint density at radius 2 is 1.79 bits per heavy atom. The molecule has 1 heterocycles. The molecule has 0 fully saturated rings. The van der Waals surface area contributed by atoms with Crippen LogP contribution in [-0.4, -0.2) is 35.8 Å². The van der Waals surface area contributed by atoms with Crippen molar-refractivity contribution in [3.05, 3.63) is 35.4 Å². The quantitative estimate of drug-likeness (QED) is 0.341. The number of amides is 2. The summed E-state index contributed by atoms with van der Waals surface area (Å²) in [4.78, 5) is 35.9. The molecule has 0 saturated carbocycles. The SMILES string of the molecule is CCOC(=O)C#CCN1C(=O)c2ccccc2C1=O. The zero-order valence-corrected chi connectivity index (χ0v) is 10.3. The average molecular weight is 257 g/mol. The third kappa shape index (κ3) is 2.47. The van der Waals surface area contributed by atoms with Gasteiger partial charge in [-0.25, -0.2) is 4.79 Å². The summed E-state index contributed by atoms with van der Waals surface area (Å²) in [6.45, 7) is 1.79. The second kappa shape index (κ2) is 5.36. The van der Waals surface area contributed by atoms with Crippen LogP contribution in [0.5, 0.6) is 0 Å². The number of hydrogen-bond donors (Lipinski definition) is 0.